The fourth-order valence-corrected chi connectivity index (χ4v) is 5.33. The SMILES string of the molecule is CC(Oc1cc(Cl)ccc1Cl)c1nnc(SCC(=O)Nc2nc(-c3ccc(Cl)cc3Cl)cs2)n1C. The Bertz CT molecular complexity index is 1380. The van der Waals surface area contributed by atoms with E-state index in [2.05, 4.69) is 20.5 Å². The Morgan fingerprint density at radius 3 is 2.63 bits per heavy atom. The molecule has 0 aliphatic heterocycles. The minimum atomic E-state index is -0.444. The molecule has 2 aromatic heterocycles. The molecular formula is C22H17Cl4N5O2S2. The van der Waals surface area contributed by atoms with E-state index >= 15 is 0 Å². The number of hydrogen-bond acceptors (Lipinski definition) is 7. The van der Waals surface area contributed by atoms with Gasteiger partial charge in [-0.05, 0) is 37.3 Å². The van der Waals surface area contributed by atoms with Gasteiger partial charge in [-0.1, -0.05) is 58.2 Å². The Kier molecular flexibility index (Phi) is 8.46. The maximum Gasteiger partial charge on any atom is 0.236 e. The minimum absolute atomic E-state index is 0.123. The van der Waals surface area contributed by atoms with Gasteiger partial charge in [0.15, 0.2) is 22.2 Å². The van der Waals surface area contributed by atoms with Crippen LogP contribution in [0.3, 0.4) is 0 Å². The van der Waals surface area contributed by atoms with Crippen molar-refractivity contribution in [3.63, 3.8) is 0 Å². The van der Waals surface area contributed by atoms with Crippen LogP contribution >= 0.6 is 69.5 Å². The fraction of sp³-hybridized carbons (Fsp3) is 0.182. The molecule has 0 saturated carbocycles. The van der Waals surface area contributed by atoms with Crippen molar-refractivity contribution < 1.29 is 9.53 Å². The van der Waals surface area contributed by atoms with Crippen LogP contribution in [0.1, 0.15) is 18.9 Å². The normalized spacial score (nSPS) is 11.9. The lowest BCUT2D eigenvalue weighted by Gasteiger charge is -2.15. The predicted molar refractivity (Wildman–Crippen MR) is 143 cm³/mol. The number of hydrogen-bond donors (Lipinski definition) is 1. The number of aromatic nitrogens is 4. The van der Waals surface area contributed by atoms with E-state index in [9.17, 15) is 4.79 Å². The molecule has 13 heteroatoms. The molecule has 4 aromatic rings. The van der Waals surface area contributed by atoms with Gasteiger partial charge in [0.05, 0.1) is 21.5 Å². The van der Waals surface area contributed by atoms with Gasteiger partial charge in [0.1, 0.15) is 5.75 Å². The van der Waals surface area contributed by atoms with Gasteiger partial charge in [-0.15, -0.1) is 21.5 Å². The number of amides is 1. The number of nitrogens with one attached hydrogen (secondary N) is 1. The van der Waals surface area contributed by atoms with E-state index in [4.69, 9.17) is 51.1 Å². The van der Waals surface area contributed by atoms with Gasteiger partial charge in [0.2, 0.25) is 5.91 Å². The van der Waals surface area contributed by atoms with Crippen LogP contribution < -0.4 is 10.1 Å². The molecule has 0 aliphatic carbocycles. The summed E-state index contributed by atoms with van der Waals surface area (Å²) >= 11 is 27.0. The summed E-state index contributed by atoms with van der Waals surface area (Å²) in [4.78, 5) is 16.9. The summed E-state index contributed by atoms with van der Waals surface area (Å²) in [6.07, 6.45) is -0.444. The maximum atomic E-state index is 12.5. The molecule has 35 heavy (non-hydrogen) atoms. The van der Waals surface area contributed by atoms with Crippen molar-refractivity contribution in [3.8, 4) is 17.0 Å². The van der Waals surface area contributed by atoms with Crippen molar-refractivity contribution in [2.45, 2.75) is 18.2 Å². The van der Waals surface area contributed by atoms with Crippen molar-refractivity contribution in [1.82, 2.24) is 19.7 Å². The molecule has 0 aliphatic rings. The van der Waals surface area contributed by atoms with Gasteiger partial charge in [-0.2, -0.15) is 0 Å². The Labute approximate surface area is 229 Å². The van der Waals surface area contributed by atoms with Crippen LogP contribution in [0.15, 0.2) is 46.9 Å². The van der Waals surface area contributed by atoms with Crippen molar-refractivity contribution in [1.29, 1.82) is 0 Å². The average molecular weight is 589 g/mol. The first-order valence-corrected chi connectivity index (χ1v) is 13.4. The number of thiazole rings is 1. The lowest BCUT2D eigenvalue weighted by atomic mass is 10.2. The Morgan fingerprint density at radius 2 is 1.86 bits per heavy atom. The van der Waals surface area contributed by atoms with E-state index in [1.165, 1.54) is 23.1 Å². The maximum absolute atomic E-state index is 12.5. The van der Waals surface area contributed by atoms with Crippen LogP contribution in [0.4, 0.5) is 5.13 Å². The van der Waals surface area contributed by atoms with Crippen molar-refractivity contribution in [2.24, 2.45) is 7.05 Å². The summed E-state index contributed by atoms with van der Waals surface area (Å²) in [5.74, 6) is 0.926. The standard InChI is InChI=1S/C22H17Cl4N5O2S2/c1-11(33-18-8-13(24)4-6-15(18)25)20-29-30-22(31(20)2)35-10-19(32)28-21-27-17(9-34-21)14-5-3-12(23)7-16(14)26/h3-9,11H,10H2,1-2H3,(H,27,28,32). The number of halogens is 4. The lowest BCUT2D eigenvalue weighted by Crippen LogP contribution is -2.14. The molecule has 0 fully saturated rings. The van der Waals surface area contributed by atoms with Gasteiger partial charge in [0, 0.05) is 34.1 Å². The van der Waals surface area contributed by atoms with Crippen LogP contribution in [0.25, 0.3) is 11.3 Å². The van der Waals surface area contributed by atoms with E-state index in [-0.39, 0.29) is 11.7 Å². The second kappa shape index (κ2) is 11.4. The first-order valence-electron chi connectivity index (χ1n) is 10.1. The Balaban J connectivity index is 1.35. The van der Waals surface area contributed by atoms with E-state index in [1.807, 2.05) is 12.3 Å². The molecule has 7 nitrogen and oxygen atoms in total. The highest BCUT2D eigenvalue weighted by molar-refractivity contribution is 7.99. The zero-order chi connectivity index (χ0) is 25.1. The minimum Gasteiger partial charge on any atom is -0.481 e. The van der Waals surface area contributed by atoms with E-state index in [0.29, 0.717) is 47.6 Å². The molecule has 0 radical (unpaired) electrons. The fourth-order valence-electron chi connectivity index (χ4n) is 3.05. The van der Waals surface area contributed by atoms with Crippen LogP contribution in [-0.4, -0.2) is 31.4 Å². The van der Waals surface area contributed by atoms with Gasteiger partial charge in [-0.25, -0.2) is 4.98 Å². The van der Waals surface area contributed by atoms with E-state index in [1.54, 1.807) is 48.0 Å². The number of anilines is 1. The smallest absolute Gasteiger partial charge is 0.236 e. The second-order valence-electron chi connectivity index (χ2n) is 7.23. The second-order valence-corrected chi connectivity index (χ2v) is 10.7. The van der Waals surface area contributed by atoms with E-state index in [0.717, 1.165) is 5.56 Å². The van der Waals surface area contributed by atoms with Crippen LogP contribution in [-0.2, 0) is 11.8 Å². The van der Waals surface area contributed by atoms with Crippen molar-refractivity contribution in [3.05, 3.63) is 67.7 Å². The third-order valence-corrected chi connectivity index (χ3v) is 7.59. The summed E-state index contributed by atoms with van der Waals surface area (Å²) < 4.78 is 7.68. The predicted octanol–water partition coefficient (Wildman–Crippen LogP) is 7.42. The first kappa shape index (κ1) is 26.1. The largest absolute Gasteiger partial charge is 0.481 e. The van der Waals surface area contributed by atoms with Gasteiger partial charge in [0.25, 0.3) is 0 Å². The number of thioether (sulfide) groups is 1. The highest BCUT2D eigenvalue weighted by Crippen LogP contribution is 2.33. The molecule has 182 valence electrons. The number of rotatable bonds is 8. The number of benzene rings is 2. The van der Waals surface area contributed by atoms with Crippen molar-refractivity contribution in [2.75, 3.05) is 11.1 Å². The van der Waals surface area contributed by atoms with Gasteiger partial charge in [-0.3, -0.25) is 4.79 Å². The number of carbonyl (C=O) groups excluding carboxylic acids is 1. The third kappa shape index (κ3) is 6.41. The quantitative estimate of drug-likeness (QED) is 0.216. The van der Waals surface area contributed by atoms with Gasteiger partial charge >= 0.3 is 0 Å². The number of carbonyl (C=O) groups is 1. The molecule has 0 spiro atoms. The lowest BCUT2D eigenvalue weighted by molar-refractivity contribution is -0.113. The summed E-state index contributed by atoms with van der Waals surface area (Å²) in [5.41, 5.74) is 1.40. The van der Waals surface area contributed by atoms with E-state index < -0.39 is 6.10 Å². The summed E-state index contributed by atoms with van der Waals surface area (Å²) in [6, 6.07) is 10.2. The number of nitrogens with zero attached hydrogens (tertiary/aromatic N) is 4. The topological polar surface area (TPSA) is 81.9 Å². The summed E-state index contributed by atoms with van der Waals surface area (Å²) in [7, 11) is 1.80. The molecule has 4 rings (SSSR count). The van der Waals surface area contributed by atoms with Crippen LogP contribution in [0, 0.1) is 0 Å². The summed E-state index contributed by atoms with van der Waals surface area (Å²) in [5, 5.41) is 16.0. The molecule has 1 amide bonds. The van der Waals surface area contributed by atoms with Crippen LogP contribution in [0.5, 0.6) is 5.75 Å². The molecule has 0 saturated heterocycles. The van der Waals surface area contributed by atoms with Crippen LogP contribution in [0.2, 0.25) is 20.1 Å². The highest BCUT2D eigenvalue weighted by atomic mass is 35.5. The Hall–Kier alpha value is -2.01. The molecule has 1 unspecified atom stereocenters. The monoisotopic (exact) mass is 587 g/mol. The molecule has 0 bridgehead atoms. The molecule has 2 aromatic carbocycles. The van der Waals surface area contributed by atoms with Crippen molar-refractivity contribution >= 4 is 80.5 Å². The zero-order valence-electron chi connectivity index (χ0n) is 18.3. The number of ether oxygens (including phenoxy) is 1. The molecule has 1 N–H and O–H groups in total. The molecule has 1 atom stereocenters. The zero-order valence-corrected chi connectivity index (χ0v) is 22.9. The summed E-state index contributed by atoms with van der Waals surface area (Å²) in [6.45, 7) is 1.83. The Morgan fingerprint density at radius 1 is 1.11 bits per heavy atom. The average Bonchev–Trinajstić information content (AvgIpc) is 3.41. The first-order chi connectivity index (χ1) is 16.7. The third-order valence-electron chi connectivity index (χ3n) is 4.72. The highest BCUT2D eigenvalue weighted by Gasteiger charge is 2.19. The molecular weight excluding hydrogens is 572 g/mol. The van der Waals surface area contributed by atoms with Gasteiger partial charge < -0.3 is 14.6 Å². The molecule has 2 heterocycles.